The molecule has 132 valence electrons. The number of hydrogen-bond acceptors (Lipinski definition) is 4. The van der Waals surface area contributed by atoms with E-state index in [1.165, 1.54) is 0 Å². The van der Waals surface area contributed by atoms with E-state index in [-0.39, 0.29) is 25.1 Å². The summed E-state index contributed by atoms with van der Waals surface area (Å²) in [6, 6.07) is 7.59. The van der Waals surface area contributed by atoms with E-state index in [1.807, 2.05) is 36.1 Å². The zero-order valence-electron chi connectivity index (χ0n) is 13.8. The maximum atomic E-state index is 12.2. The Hall–Kier alpha value is -1.60. The number of carboxylic acids is 1. The van der Waals surface area contributed by atoms with E-state index in [2.05, 4.69) is 15.9 Å². The summed E-state index contributed by atoms with van der Waals surface area (Å²) < 4.78 is 6.49. The number of likely N-dealkylation sites (tertiary alicyclic amines) is 1. The molecule has 1 aliphatic rings. The molecule has 1 aromatic carbocycles. The van der Waals surface area contributed by atoms with E-state index in [4.69, 9.17) is 9.84 Å². The predicted octanol–water partition coefficient (Wildman–Crippen LogP) is 2.23. The third kappa shape index (κ3) is 5.49. The van der Waals surface area contributed by atoms with Gasteiger partial charge in [0.05, 0.1) is 6.54 Å². The molecule has 1 amide bonds. The Balaban J connectivity index is 1.77. The summed E-state index contributed by atoms with van der Waals surface area (Å²) >= 11 is 3.35. The molecule has 1 heterocycles. The molecule has 0 unspecified atom stereocenters. The number of amides is 1. The number of likely N-dealkylation sites (N-methyl/N-ethyl adjacent to an activating group) is 1. The van der Waals surface area contributed by atoms with Crippen molar-refractivity contribution in [2.24, 2.45) is 0 Å². The van der Waals surface area contributed by atoms with Gasteiger partial charge in [-0.05, 0) is 43.7 Å². The van der Waals surface area contributed by atoms with E-state index in [1.54, 1.807) is 4.90 Å². The second kappa shape index (κ2) is 9.03. The van der Waals surface area contributed by atoms with E-state index >= 15 is 0 Å². The van der Waals surface area contributed by atoms with Gasteiger partial charge in [-0.15, -0.1) is 0 Å². The van der Waals surface area contributed by atoms with Gasteiger partial charge in [0.2, 0.25) is 0 Å². The SMILES string of the molecule is CCN(CC(=O)O)C1CCN(C(=O)COc2ccc(Br)cc2)CC1. The van der Waals surface area contributed by atoms with Crippen molar-refractivity contribution >= 4 is 27.8 Å². The van der Waals surface area contributed by atoms with Gasteiger partial charge in [-0.25, -0.2) is 0 Å². The lowest BCUT2D eigenvalue weighted by atomic mass is 10.0. The lowest BCUT2D eigenvalue weighted by Gasteiger charge is -2.37. The number of carboxylic acid groups (broad SMARTS) is 1. The normalized spacial score (nSPS) is 15.5. The molecular weight excluding hydrogens is 376 g/mol. The fourth-order valence-electron chi connectivity index (χ4n) is 2.92. The molecule has 2 rings (SSSR count). The van der Waals surface area contributed by atoms with Gasteiger partial charge in [0.25, 0.3) is 5.91 Å². The van der Waals surface area contributed by atoms with Crippen molar-refractivity contribution in [3.8, 4) is 5.75 Å². The smallest absolute Gasteiger partial charge is 0.317 e. The second-order valence-corrected chi connectivity index (χ2v) is 6.73. The summed E-state index contributed by atoms with van der Waals surface area (Å²) in [6.07, 6.45) is 1.59. The molecule has 0 aliphatic carbocycles. The Morgan fingerprint density at radius 1 is 1.29 bits per heavy atom. The largest absolute Gasteiger partial charge is 0.484 e. The zero-order chi connectivity index (χ0) is 17.5. The van der Waals surface area contributed by atoms with Crippen LogP contribution in [0.3, 0.4) is 0 Å². The lowest BCUT2D eigenvalue weighted by molar-refractivity contribution is -0.140. The first kappa shape index (κ1) is 18.7. The number of carbonyl (C=O) groups excluding carboxylic acids is 1. The summed E-state index contributed by atoms with van der Waals surface area (Å²) in [5.74, 6) is -0.170. The molecular formula is C17H23BrN2O4. The number of rotatable bonds is 7. The van der Waals surface area contributed by atoms with Crippen molar-refractivity contribution in [3.63, 3.8) is 0 Å². The van der Waals surface area contributed by atoms with Crippen LogP contribution >= 0.6 is 15.9 Å². The van der Waals surface area contributed by atoms with E-state index in [9.17, 15) is 9.59 Å². The van der Waals surface area contributed by atoms with Crippen molar-refractivity contribution in [2.45, 2.75) is 25.8 Å². The van der Waals surface area contributed by atoms with Crippen LogP contribution in [0.4, 0.5) is 0 Å². The van der Waals surface area contributed by atoms with Crippen molar-refractivity contribution in [1.29, 1.82) is 0 Å². The highest BCUT2D eigenvalue weighted by Crippen LogP contribution is 2.18. The third-order valence-electron chi connectivity index (χ3n) is 4.25. The van der Waals surface area contributed by atoms with E-state index < -0.39 is 5.97 Å². The Bertz CT molecular complexity index is 556. The number of aliphatic carboxylic acids is 1. The number of ether oxygens (including phenoxy) is 1. The molecule has 1 N–H and O–H groups in total. The van der Waals surface area contributed by atoms with Crippen molar-refractivity contribution in [3.05, 3.63) is 28.7 Å². The van der Waals surface area contributed by atoms with Crippen LogP contribution in [0.1, 0.15) is 19.8 Å². The molecule has 0 atom stereocenters. The Kier molecular flexibility index (Phi) is 7.05. The van der Waals surface area contributed by atoms with Gasteiger partial charge < -0.3 is 14.7 Å². The summed E-state index contributed by atoms with van der Waals surface area (Å²) in [4.78, 5) is 26.9. The van der Waals surface area contributed by atoms with Crippen molar-refractivity contribution in [1.82, 2.24) is 9.80 Å². The minimum atomic E-state index is -0.807. The van der Waals surface area contributed by atoms with Crippen LogP contribution in [0.25, 0.3) is 0 Å². The van der Waals surface area contributed by atoms with Crippen LogP contribution in [0, 0.1) is 0 Å². The van der Waals surface area contributed by atoms with Crippen LogP contribution < -0.4 is 4.74 Å². The second-order valence-electron chi connectivity index (χ2n) is 5.81. The maximum Gasteiger partial charge on any atom is 0.317 e. The standard InChI is InChI=1S/C17H23BrN2O4/c1-2-19(11-17(22)23)14-7-9-20(10-8-14)16(21)12-24-15-5-3-13(18)4-6-15/h3-6,14H,2,7-12H2,1H3,(H,22,23). The highest BCUT2D eigenvalue weighted by molar-refractivity contribution is 9.10. The minimum Gasteiger partial charge on any atom is -0.484 e. The molecule has 24 heavy (non-hydrogen) atoms. The molecule has 0 saturated carbocycles. The average molecular weight is 399 g/mol. The summed E-state index contributed by atoms with van der Waals surface area (Å²) in [5.41, 5.74) is 0. The Labute approximate surface area is 150 Å². The fraction of sp³-hybridized carbons (Fsp3) is 0.529. The molecule has 1 aromatic rings. The quantitative estimate of drug-likeness (QED) is 0.762. The number of piperidine rings is 1. The molecule has 7 heteroatoms. The topological polar surface area (TPSA) is 70.1 Å². The Morgan fingerprint density at radius 2 is 1.92 bits per heavy atom. The highest BCUT2D eigenvalue weighted by Gasteiger charge is 2.27. The average Bonchev–Trinajstić information content (AvgIpc) is 2.59. The molecule has 1 fully saturated rings. The Morgan fingerprint density at radius 3 is 2.46 bits per heavy atom. The van der Waals surface area contributed by atoms with Gasteiger partial charge in [-0.3, -0.25) is 14.5 Å². The monoisotopic (exact) mass is 398 g/mol. The van der Waals surface area contributed by atoms with Gasteiger partial charge in [0.15, 0.2) is 6.61 Å². The highest BCUT2D eigenvalue weighted by atomic mass is 79.9. The number of benzene rings is 1. The molecule has 0 bridgehead atoms. The number of carbonyl (C=O) groups is 2. The first-order valence-corrected chi connectivity index (χ1v) is 8.91. The summed E-state index contributed by atoms with van der Waals surface area (Å²) in [6.45, 7) is 4.04. The van der Waals surface area contributed by atoms with Crippen LogP contribution in [0.15, 0.2) is 28.7 Å². The molecule has 0 aromatic heterocycles. The number of nitrogens with zero attached hydrogens (tertiary/aromatic N) is 2. The van der Waals surface area contributed by atoms with Gasteiger partial charge in [0, 0.05) is 23.6 Å². The molecule has 1 aliphatic heterocycles. The summed E-state index contributed by atoms with van der Waals surface area (Å²) in [7, 11) is 0. The van der Waals surface area contributed by atoms with Gasteiger partial charge in [-0.1, -0.05) is 22.9 Å². The van der Waals surface area contributed by atoms with Gasteiger partial charge in [0.1, 0.15) is 5.75 Å². The fourth-order valence-corrected chi connectivity index (χ4v) is 3.18. The maximum absolute atomic E-state index is 12.2. The van der Waals surface area contributed by atoms with Gasteiger partial charge in [-0.2, -0.15) is 0 Å². The molecule has 0 radical (unpaired) electrons. The van der Waals surface area contributed by atoms with E-state index in [0.29, 0.717) is 25.4 Å². The van der Waals surface area contributed by atoms with Crippen molar-refractivity contribution < 1.29 is 19.4 Å². The lowest BCUT2D eigenvalue weighted by Crippen LogP contribution is -2.49. The van der Waals surface area contributed by atoms with E-state index in [0.717, 1.165) is 17.3 Å². The third-order valence-corrected chi connectivity index (χ3v) is 4.78. The molecule has 1 saturated heterocycles. The summed E-state index contributed by atoms with van der Waals surface area (Å²) in [5, 5.41) is 8.96. The first-order chi connectivity index (χ1) is 11.5. The van der Waals surface area contributed by atoms with Crippen LogP contribution in [0.2, 0.25) is 0 Å². The van der Waals surface area contributed by atoms with Crippen LogP contribution in [-0.2, 0) is 9.59 Å². The number of hydrogen-bond donors (Lipinski definition) is 1. The van der Waals surface area contributed by atoms with Crippen LogP contribution in [-0.4, -0.2) is 65.6 Å². The number of halogens is 1. The minimum absolute atomic E-state index is 0.0267. The zero-order valence-corrected chi connectivity index (χ0v) is 15.4. The molecule has 6 nitrogen and oxygen atoms in total. The van der Waals surface area contributed by atoms with Gasteiger partial charge >= 0.3 is 5.97 Å². The molecule has 0 spiro atoms. The predicted molar refractivity (Wildman–Crippen MR) is 94.1 cm³/mol. The first-order valence-electron chi connectivity index (χ1n) is 8.11. The van der Waals surface area contributed by atoms with Crippen molar-refractivity contribution in [2.75, 3.05) is 32.8 Å². The van der Waals surface area contributed by atoms with Crippen LogP contribution in [0.5, 0.6) is 5.75 Å².